The second-order valence-electron chi connectivity index (χ2n) is 10.8. The number of nitrogens with zero attached hydrogens (tertiary/aromatic N) is 4. The first-order valence-electron chi connectivity index (χ1n) is 14.4. The van der Waals surface area contributed by atoms with Crippen molar-refractivity contribution in [3.63, 3.8) is 0 Å². The molecule has 0 aliphatic carbocycles. The van der Waals surface area contributed by atoms with Gasteiger partial charge in [0.1, 0.15) is 11.4 Å². The highest BCUT2D eigenvalue weighted by atomic mass is 35.5. The number of aliphatic carboxylic acids is 3. The molecule has 0 spiro atoms. The van der Waals surface area contributed by atoms with Gasteiger partial charge in [-0.05, 0) is 18.6 Å². The Labute approximate surface area is 299 Å². The van der Waals surface area contributed by atoms with Crippen LogP contribution in [-0.4, -0.2) is 93.2 Å². The summed E-state index contributed by atoms with van der Waals surface area (Å²) in [6.07, 6.45) is 0.0592. The minimum atomic E-state index is -1.91. The Morgan fingerprint density at radius 1 is 1.16 bits per heavy atom. The number of fused-ring (bicyclic) bond motifs is 1. The molecule has 50 heavy (non-hydrogen) atoms. The van der Waals surface area contributed by atoms with E-state index in [0.29, 0.717) is 11.3 Å². The van der Waals surface area contributed by atoms with Gasteiger partial charge in [-0.1, -0.05) is 16.8 Å². The third-order valence-corrected chi connectivity index (χ3v) is 11.2. The van der Waals surface area contributed by atoms with Crippen molar-refractivity contribution in [2.45, 2.75) is 41.4 Å². The number of Topliss-reactive ketones (excluding diaryl/α,β-unsaturated/α-hetero) is 1. The van der Waals surface area contributed by atoms with Crippen molar-refractivity contribution in [1.82, 2.24) is 9.88 Å². The lowest BCUT2D eigenvalue weighted by atomic mass is 9.89. The number of phenols is 2. The molecule has 7 N–H and O–H groups in total. The number of aromatic hydroxyl groups is 2. The summed E-state index contributed by atoms with van der Waals surface area (Å²) < 4.78 is 1.63. The number of carboxylic acids is 3. The van der Waals surface area contributed by atoms with Crippen molar-refractivity contribution in [3.8, 4) is 17.2 Å². The van der Waals surface area contributed by atoms with E-state index in [-0.39, 0.29) is 38.3 Å². The molecular weight excluding hydrogens is 738 g/mol. The van der Waals surface area contributed by atoms with Crippen molar-refractivity contribution in [3.05, 3.63) is 64.0 Å². The van der Waals surface area contributed by atoms with E-state index >= 15 is 0 Å². The largest absolute Gasteiger partial charge is 0.504 e. The molecular formula is C30H27ClN5O11S3+. The number of nitrogen functional groups attached to an aromatic ring is 1. The lowest BCUT2D eigenvalue weighted by Gasteiger charge is -2.51. The molecule has 1 fully saturated rings. The summed E-state index contributed by atoms with van der Waals surface area (Å²) in [5.74, 6) is -7.33. The highest BCUT2D eigenvalue weighted by molar-refractivity contribution is 8.01. The molecule has 3 aromatic rings. The van der Waals surface area contributed by atoms with E-state index in [1.54, 1.807) is 36.0 Å². The first kappa shape index (κ1) is 36.4. The summed E-state index contributed by atoms with van der Waals surface area (Å²) in [5.41, 5.74) is 5.91. The minimum absolute atomic E-state index is 0.0410. The number of amides is 1. The number of phenolic OH excluding ortho intramolecular Hbond substituents is 2. The number of anilines is 1. The van der Waals surface area contributed by atoms with E-state index in [0.717, 1.165) is 21.1 Å². The molecule has 4 heterocycles. The number of thioether (sulfide) groups is 2. The average Bonchev–Trinajstić information content (AvgIpc) is 3.50. The van der Waals surface area contributed by atoms with Gasteiger partial charge in [0, 0.05) is 45.9 Å². The number of pyridine rings is 1. The van der Waals surface area contributed by atoms with Crippen LogP contribution in [0.25, 0.3) is 5.69 Å². The van der Waals surface area contributed by atoms with Crippen LogP contribution in [0.2, 0.25) is 5.02 Å². The molecule has 0 radical (unpaired) electrons. The Balaban J connectivity index is 1.32. The van der Waals surface area contributed by atoms with Gasteiger partial charge in [-0.15, -0.1) is 34.9 Å². The number of carbonyl (C=O) groups excluding carboxylic acids is 2. The van der Waals surface area contributed by atoms with E-state index in [9.17, 15) is 44.4 Å². The highest BCUT2D eigenvalue weighted by Crippen LogP contribution is 2.49. The van der Waals surface area contributed by atoms with Gasteiger partial charge in [-0.25, -0.2) is 14.6 Å². The number of hydrogen-bond donors (Lipinski definition) is 6. The van der Waals surface area contributed by atoms with Gasteiger partial charge < -0.3 is 36.1 Å². The molecule has 262 valence electrons. The monoisotopic (exact) mass is 764 g/mol. The third-order valence-electron chi connectivity index (χ3n) is 7.62. The summed E-state index contributed by atoms with van der Waals surface area (Å²) in [4.78, 5) is 72.7. The molecule has 1 amide bonds. The Kier molecular flexibility index (Phi) is 10.9. The number of ketones is 1. The number of benzene rings is 1. The van der Waals surface area contributed by atoms with Crippen molar-refractivity contribution < 1.29 is 58.9 Å². The first-order chi connectivity index (χ1) is 23.7. The number of hydrogen-bond acceptors (Lipinski definition) is 14. The number of rotatable bonds is 14. The van der Waals surface area contributed by atoms with Gasteiger partial charge in [-0.2, -0.15) is 4.57 Å². The number of nitrogens with two attached hydrogens (primary N) is 1. The van der Waals surface area contributed by atoms with Gasteiger partial charge in [0.15, 0.2) is 45.5 Å². The van der Waals surface area contributed by atoms with E-state index in [1.807, 2.05) is 0 Å². The molecule has 20 heteroatoms. The number of β-lactam (4-membered cyclic amide) rings is 1. The molecule has 2 aliphatic rings. The number of halogens is 1. The molecule has 2 aromatic heterocycles. The number of thiazole rings is 1. The molecule has 5 rings (SSSR count). The quantitative estimate of drug-likeness (QED) is 0.0345. The van der Waals surface area contributed by atoms with E-state index < -0.39 is 71.3 Å². The summed E-state index contributed by atoms with van der Waals surface area (Å²) in [6.45, 7) is 1.80. The number of carbonyl (C=O) groups is 5. The van der Waals surface area contributed by atoms with Crippen LogP contribution in [0.5, 0.6) is 11.5 Å². The van der Waals surface area contributed by atoms with Gasteiger partial charge in [0.2, 0.25) is 17.7 Å². The number of carboxylic acid groups (broad SMARTS) is 3. The zero-order chi connectivity index (χ0) is 36.4. The summed E-state index contributed by atoms with van der Waals surface area (Å²) in [6, 6.07) is 6.35. The normalized spacial score (nSPS) is 19.4. The molecule has 4 atom stereocenters. The maximum atomic E-state index is 13.5. The van der Waals surface area contributed by atoms with Crippen LogP contribution in [-0.2, 0) is 28.8 Å². The second-order valence-corrected chi connectivity index (χ2v) is 14.6. The smallest absolute Gasteiger partial charge is 0.352 e. The highest BCUT2D eigenvalue weighted by Gasteiger charge is 2.55. The SMILES string of the molecule is C[C@@H]1S[C@@H]2[C@H](CC(=O)/C(=N\O[C@@H](CC(=O)O)C(=O)O)c3csc(N)n3)C(=O)N2C(C(=O)O)=C1CSc1cc[n+](-c2ccc(O)c(O)c2Cl)cc1. The zero-order valence-corrected chi connectivity index (χ0v) is 28.8. The van der Waals surface area contributed by atoms with Gasteiger partial charge in [-0.3, -0.25) is 19.3 Å². The molecule has 1 saturated heterocycles. The van der Waals surface area contributed by atoms with Crippen molar-refractivity contribution in [2.75, 3.05) is 11.5 Å². The van der Waals surface area contributed by atoms with Crippen LogP contribution in [0.15, 0.2) is 63.4 Å². The topological polar surface area (TPSA) is 254 Å². The lowest BCUT2D eigenvalue weighted by molar-refractivity contribution is -0.596. The molecule has 0 unspecified atom stereocenters. The molecule has 0 saturated carbocycles. The number of oxime groups is 1. The van der Waals surface area contributed by atoms with Crippen molar-refractivity contribution in [2.24, 2.45) is 11.1 Å². The summed E-state index contributed by atoms with van der Waals surface area (Å²) in [5, 5.41) is 52.0. The van der Waals surface area contributed by atoms with Crippen LogP contribution < -0.4 is 10.3 Å². The number of aromatic nitrogens is 2. The third kappa shape index (κ3) is 7.49. The fourth-order valence-corrected chi connectivity index (χ4v) is 8.57. The van der Waals surface area contributed by atoms with E-state index in [4.69, 9.17) is 27.3 Å². The fourth-order valence-electron chi connectivity index (χ4n) is 5.12. The Bertz CT molecular complexity index is 1950. The van der Waals surface area contributed by atoms with Crippen LogP contribution in [0.4, 0.5) is 5.13 Å². The Morgan fingerprint density at radius 2 is 1.86 bits per heavy atom. The zero-order valence-electron chi connectivity index (χ0n) is 25.6. The van der Waals surface area contributed by atoms with Crippen LogP contribution in [0.1, 0.15) is 25.5 Å². The van der Waals surface area contributed by atoms with Gasteiger partial charge >= 0.3 is 17.9 Å². The summed E-state index contributed by atoms with van der Waals surface area (Å²) >= 11 is 9.77. The fraction of sp³-hybridized carbons (Fsp3) is 0.267. The summed E-state index contributed by atoms with van der Waals surface area (Å²) in [7, 11) is 0. The molecule has 0 bridgehead atoms. The first-order valence-corrected chi connectivity index (χ1v) is 17.6. The van der Waals surface area contributed by atoms with Gasteiger partial charge in [0.05, 0.1) is 17.7 Å². The van der Waals surface area contributed by atoms with Crippen molar-refractivity contribution >= 4 is 86.9 Å². The maximum Gasteiger partial charge on any atom is 0.352 e. The minimum Gasteiger partial charge on any atom is -0.504 e. The van der Waals surface area contributed by atoms with Crippen LogP contribution in [0, 0.1) is 5.92 Å². The Hall–Kier alpha value is -4.85. The second kappa shape index (κ2) is 15.0. The average molecular weight is 765 g/mol. The van der Waals surface area contributed by atoms with Crippen molar-refractivity contribution in [1.29, 1.82) is 0 Å². The lowest BCUT2D eigenvalue weighted by Crippen LogP contribution is -2.62. The Morgan fingerprint density at radius 3 is 2.46 bits per heavy atom. The van der Waals surface area contributed by atoms with Gasteiger partial charge in [0.25, 0.3) is 0 Å². The predicted molar refractivity (Wildman–Crippen MR) is 180 cm³/mol. The van der Waals surface area contributed by atoms with Crippen LogP contribution >= 0.6 is 46.5 Å². The molecule has 1 aromatic carbocycles. The predicted octanol–water partition coefficient (Wildman–Crippen LogP) is 2.73. The maximum absolute atomic E-state index is 13.5. The van der Waals surface area contributed by atoms with E-state index in [1.165, 1.54) is 41.0 Å². The van der Waals surface area contributed by atoms with E-state index in [2.05, 4.69) is 10.1 Å². The standard InChI is InChI=1S/C30H26ClN5O11S3/c1-12-15(10-48-13-4-6-35(7-5-13)17-2-3-18(37)25(41)22(17)31)24(29(45)46)36-26(42)14(27(36)50-12)8-19(38)23(16-11-49-30(32)33-16)34-47-20(28(43)44)9-21(39)40/h2-7,11-12,14,20,27H,8-10H2,1H3,(H6-,32,33,34,37,38,39,40,41,43,44,45,46)/p+1/t12-,14+,20-,27+/m0/s1. The van der Waals surface area contributed by atoms with Crippen LogP contribution in [0.3, 0.4) is 0 Å². The molecule has 16 nitrogen and oxygen atoms in total. The molecule has 2 aliphatic heterocycles.